The molecule has 3 heteroatoms. The zero-order valence-electron chi connectivity index (χ0n) is 10.4. The quantitative estimate of drug-likeness (QED) is 0.719. The molecule has 0 aliphatic heterocycles. The van der Waals surface area contributed by atoms with E-state index in [0.29, 0.717) is 0 Å². The van der Waals surface area contributed by atoms with Gasteiger partial charge >= 0.3 is 0 Å². The molecule has 16 heavy (non-hydrogen) atoms. The molecule has 0 heterocycles. The predicted molar refractivity (Wildman–Crippen MR) is 63.0 cm³/mol. The second kappa shape index (κ2) is 5.17. The van der Waals surface area contributed by atoms with Gasteiger partial charge in [-0.15, -0.1) is 0 Å². The monoisotopic (exact) mass is 225 g/mol. The summed E-state index contributed by atoms with van der Waals surface area (Å²) in [5.74, 6) is 2.60. The van der Waals surface area contributed by atoms with Crippen LogP contribution in [0.25, 0.3) is 0 Å². The highest BCUT2D eigenvalue weighted by Gasteiger charge is 2.41. The molecule has 2 rings (SSSR count). The minimum absolute atomic E-state index is 0.0417. The van der Waals surface area contributed by atoms with Crippen LogP contribution in [0.2, 0.25) is 0 Å². The van der Waals surface area contributed by atoms with Crippen molar-refractivity contribution in [1.29, 1.82) is 0 Å². The maximum Gasteiger partial charge on any atom is 0.246 e. The summed E-state index contributed by atoms with van der Waals surface area (Å²) >= 11 is 0. The van der Waals surface area contributed by atoms with E-state index in [1.807, 2.05) is 13.8 Å². The minimum Gasteiger partial charge on any atom is -0.369 e. The first-order valence-corrected chi connectivity index (χ1v) is 6.55. The van der Waals surface area contributed by atoms with Crippen LogP contribution >= 0.6 is 0 Å². The average molecular weight is 225 g/mol. The lowest BCUT2D eigenvalue weighted by molar-refractivity contribution is -0.127. The Morgan fingerprint density at radius 1 is 1.25 bits per heavy atom. The molecule has 2 saturated carbocycles. The van der Waals surface area contributed by atoms with Crippen LogP contribution in [-0.4, -0.2) is 25.2 Å². The summed E-state index contributed by atoms with van der Waals surface area (Å²) in [5.41, 5.74) is 0. The van der Waals surface area contributed by atoms with Gasteiger partial charge in [-0.05, 0) is 57.3 Å². The maximum absolute atomic E-state index is 11.5. The Hall–Kier alpha value is -0.570. The van der Waals surface area contributed by atoms with Crippen LogP contribution in [0.15, 0.2) is 0 Å². The summed E-state index contributed by atoms with van der Waals surface area (Å²) in [6.07, 6.45) is 5.63. The zero-order chi connectivity index (χ0) is 11.5. The number of carbonyl (C=O) groups excluding carboxylic acids is 1. The van der Waals surface area contributed by atoms with Crippen molar-refractivity contribution in [3.8, 4) is 0 Å². The van der Waals surface area contributed by atoms with Crippen molar-refractivity contribution >= 4 is 5.91 Å². The predicted octanol–water partition coefficient (Wildman–Crippen LogP) is 1.96. The number of hydrogen-bond donors (Lipinski definition) is 1. The average Bonchev–Trinajstić information content (AvgIpc) is 3.07. The third kappa shape index (κ3) is 3.78. The molecule has 3 nitrogen and oxygen atoms in total. The summed E-state index contributed by atoms with van der Waals surface area (Å²) in [6.45, 7) is 4.98. The van der Waals surface area contributed by atoms with Gasteiger partial charge in [-0.2, -0.15) is 0 Å². The van der Waals surface area contributed by atoms with Crippen molar-refractivity contribution in [1.82, 2.24) is 5.32 Å². The van der Waals surface area contributed by atoms with Crippen LogP contribution in [0.1, 0.15) is 39.5 Å². The van der Waals surface area contributed by atoms with Gasteiger partial charge in [0.2, 0.25) is 5.91 Å². The molecule has 2 aliphatic rings. The molecule has 0 bridgehead atoms. The second-order valence-electron chi connectivity index (χ2n) is 5.50. The summed E-state index contributed by atoms with van der Waals surface area (Å²) in [6, 6.07) is 0. The smallest absolute Gasteiger partial charge is 0.246 e. The van der Waals surface area contributed by atoms with Gasteiger partial charge in [-0.3, -0.25) is 4.79 Å². The van der Waals surface area contributed by atoms with Crippen molar-refractivity contribution in [3.63, 3.8) is 0 Å². The Kier molecular flexibility index (Phi) is 3.85. The Bertz CT molecular complexity index is 232. The van der Waals surface area contributed by atoms with Gasteiger partial charge in [-0.25, -0.2) is 0 Å². The van der Waals surface area contributed by atoms with Crippen LogP contribution in [-0.2, 0) is 9.53 Å². The van der Waals surface area contributed by atoms with Gasteiger partial charge in [-0.1, -0.05) is 0 Å². The van der Waals surface area contributed by atoms with Gasteiger partial charge in [0.05, 0.1) is 6.10 Å². The minimum atomic E-state index is 0.0417. The van der Waals surface area contributed by atoms with Gasteiger partial charge in [0.15, 0.2) is 0 Å². The van der Waals surface area contributed by atoms with Crippen molar-refractivity contribution in [2.75, 3.05) is 13.2 Å². The fraction of sp³-hybridized carbons (Fsp3) is 0.923. The lowest BCUT2D eigenvalue weighted by Crippen LogP contribution is -2.34. The Labute approximate surface area is 97.9 Å². The first-order chi connectivity index (χ1) is 7.66. The van der Waals surface area contributed by atoms with Gasteiger partial charge in [0.1, 0.15) is 6.61 Å². The van der Waals surface area contributed by atoms with Crippen LogP contribution in [0.4, 0.5) is 0 Å². The molecule has 0 spiro atoms. The van der Waals surface area contributed by atoms with Crippen LogP contribution in [0, 0.1) is 17.8 Å². The van der Waals surface area contributed by atoms with Crippen molar-refractivity contribution < 1.29 is 9.53 Å². The molecule has 0 aromatic carbocycles. The highest BCUT2D eigenvalue weighted by molar-refractivity contribution is 5.77. The van der Waals surface area contributed by atoms with Gasteiger partial charge in [0, 0.05) is 6.54 Å². The molecule has 0 unspecified atom stereocenters. The lowest BCUT2D eigenvalue weighted by Gasteiger charge is -2.16. The van der Waals surface area contributed by atoms with Crippen molar-refractivity contribution in [2.45, 2.75) is 45.6 Å². The standard InChI is InChI=1S/C13H23NO2/c1-9(2)16-8-13(15)14-7-12(10-3-4-10)11-5-6-11/h9-12H,3-8H2,1-2H3,(H,14,15). The summed E-state index contributed by atoms with van der Waals surface area (Å²) in [7, 11) is 0. The summed E-state index contributed by atoms with van der Waals surface area (Å²) < 4.78 is 5.28. The van der Waals surface area contributed by atoms with E-state index >= 15 is 0 Å². The number of nitrogens with one attached hydrogen (secondary N) is 1. The summed E-state index contributed by atoms with van der Waals surface area (Å²) in [5, 5.41) is 3.02. The Balaban J connectivity index is 1.63. The largest absolute Gasteiger partial charge is 0.369 e. The van der Waals surface area contributed by atoms with Gasteiger partial charge < -0.3 is 10.1 Å². The van der Waals surface area contributed by atoms with Crippen molar-refractivity contribution in [3.05, 3.63) is 0 Å². The molecule has 0 radical (unpaired) electrons. The first kappa shape index (κ1) is 11.9. The van der Waals surface area contributed by atoms with Crippen LogP contribution < -0.4 is 5.32 Å². The fourth-order valence-corrected chi connectivity index (χ4v) is 2.29. The molecule has 2 aliphatic carbocycles. The molecule has 1 N–H and O–H groups in total. The number of hydrogen-bond acceptors (Lipinski definition) is 2. The molecular weight excluding hydrogens is 202 g/mol. The second-order valence-corrected chi connectivity index (χ2v) is 5.50. The molecule has 92 valence electrons. The third-order valence-electron chi connectivity index (χ3n) is 3.54. The van der Waals surface area contributed by atoms with Gasteiger partial charge in [0.25, 0.3) is 0 Å². The topological polar surface area (TPSA) is 38.3 Å². The molecule has 0 aromatic rings. The third-order valence-corrected chi connectivity index (χ3v) is 3.54. The zero-order valence-corrected chi connectivity index (χ0v) is 10.4. The molecule has 0 atom stereocenters. The summed E-state index contributed by atoms with van der Waals surface area (Å²) in [4.78, 5) is 11.5. The maximum atomic E-state index is 11.5. The molecular formula is C13H23NO2. The number of ether oxygens (including phenoxy) is 1. The van der Waals surface area contributed by atoms with E-state index in [4.69, 9.17) is 4.74 Å². The highest BCUT2D eigenvalue weighted by Crippen LogP contribution is 2.48. The van der Waals surface area contributed by atoms with E-state index in [-0.39, 0.29) is 18.6 Å². The molecule has 2 fully saturated rings. The Morgan fingerprint density at radius 2 is 1.81 bits per heavy atom. The fourth-order valence-electron chi connectivity index (χ4n) is 2.29. The number of rotatable bonds is 7. The van der Waals surface area contributed by atoms with E-state index in [1.165, 1.54) is 25.7 Å². The number of amides is 1. The first-order valence-electron chi connectivity index (χ1n) is 6.55. The normalized spacial score (nSPS) is 20.5. The molecule has 1 amide bonds. The number of carbonyl (C=O) groups is 1. The van der Waals surface area contributed by atoms with E-state index in [0.717, 1.165) is 24.3 Å². The highest BCUT2D eigenvalue weighted by atomic mass is 16.5. The lowest BCUT2D eigenvalue weighted by atomic mass is 9.98. The molecule has 0 saturated heterocycles. The molecule has 0 aromatic heterocycles. The SMILES string of the molecule is CC(C)OCC(=O)NCC(C1CC1)C1CC1. The van der Waals surface area contributed by atoms with E-state index in [2.05, 4.69) is 5.32 Å². The van der Waals surface area contributed by atoms with Crippen LogP contribution in [0.3, 0.4) is 0 Å². The van der Waals surface area contributed by atoms with E-state index in [1.54, 1.807) is 0 Å². The van der Waals surface area contributed by atoms with E-state index in [9.17, 15) is 4.79 Å². The van der Waals surface area contributed by atoms with Crippen molar-refractivity contribution in [2.24, 2.45) is 17.8 Å². The Morgan fingerprint density at radius 3 is 2.25 bits per heavy atom. The van der Waals surface area contributed by atoms with E-state index < -0.39 is 0 Å². The van der Waals surface area contributed by atoms with Crippen LogP contribution in [0.5, 0.6) is 0 Å².